The molecule has 0 radical (unpaired) electrons. The molecule has 0 aromatic heterocycles. The van der Waals surface area contributed by atoms with Gasteiger partial charge in [-0.1, -0.05) is 35.9 Å². The topological polar surface area (TPSA) is 84.2 Å². The average Bonchev–Trinajstić information content (AvgIpc) is 2.46. The summed E-state index contributed by atoms with van der Waals surface area (Å²) in [5.74, 6) is 5.31. The van der Waals surface area contributed by atoms with Gasteiger partial charge in [-0.05, 0) is 29.8 Å². The van der Waals surface area contributed by atoms with Gasteiger partial charge in [0.1, 0.15) is 4.90 Å². The average molecular weight is 312 g/mol. The summed E-state index contributed by atoms with van der Waals surface area (Å²) in [6.07, 6.45) is 0. The molecule has 0 aliphatic carbocycles. The lowest BCUT2D eigenvalue weighted by Gasteiger charge is -2.10. The fraction of sp³-hybridized carbons (Fsp3) is 0.0769. The number of hydrazine groups is 1. The number of hydrogen-bond acceptors (Lipinski definition) is 4. The summed E-state index contributed by atoms with van der Waals surface area (Å²) in [4.78, 5) is 0.108. The van der Waals surface area contributed by atoms with Gasteiger partial charge in [0.2, 0.25) is 10.0 Å². The second kappa shape index (κ2) is 6.23. The molecule has 5 nitrogen and oxygen atoms in total. The summed E-state index contributed by atoms with van der Waals surface area (Å²) in [5, 5.41) is 0.606. The lowest BCUT2D eigenvalue weighted by Crippen LogP contribution is -2.25. The van der Waals surface area contributed by atoms with Crippen LogP contribution >= 0.6 is 11.6 Å². The number of nitrogens with one attached hydrogen (secondary N) is 2. The molecule has 0 bridgehead atoms. The van der Waals surface area contributed by atoms with Crippen molar-refractivity contribution in [2.24, 2.45) is 5.84 Å². The van der Waals surface area contributed by atoms with E-state index in [1.54, 1.807) is 42.5 Å². The van der Waals surface area contributed by atoms with Gasteiger partial charge in [-0.15, -0.1) is 0 Å². The number of halogens is 1. The molecule has 0 atom stereocenters. The summed E-state index contributed by atoms with van der Waals surface area (Å²) in [6, 6.07) is 13.4. The number of anilines is 1. The molecule has 2 aromatic rings. The molecule has 0 saturated heterocycles. The van der Waals surface area contributed by atoms with E-state index in [1.807, 2.05) is 0 Å². The number of benzene rings is 2. The highest BCUT2D eigenvalue weighted by Gasteiger charge is 2.17. The van der Waals surface area contributed by atoms with Crippen molar-refractivity contribution in [2.45, 2.75) is 11.4 Å². The third kappa shape index (κ3) is 3.49. The molecule has 0 unspecified atom stereocenters. The van der Waals surface area contributed by atoms with Gasteiger partial charge in [0.15, 0.2) is 0 Å². The molecule has 7 heteroatoms. The van der Waals surface area contributed by atoms with E-state index < -0.39 is 10.0 Å². The van der Waals surface area contributed by atoms with Crippen LogP contribution in [0, 0.1) is 0 Å². The monoisotopic (exact) mass is 311 g/mol. The second-order valence-electron chi connectivity index (χ2n) is 4.09. The fourth-order valence-corrected chi connectivity index (χ4v) is 2.99. The van der Waals surface area contributed by atoms with Gasteiger partial charge in [0, 0.05) is 11.6 Å². The molecule has 2 aromatic carbocycles. The Hall–Kier alpha value is -1.60. The van der Waals surface area contributed by atoms with E-state index in [0.29, 0.717) is 10.7 Å². The molecule has 106 valence electrons. The highest BCUT2D eigenvalue weighted by molar-refractivity contribution is 7.89. The fourth-order valence-electron chi connectivity index (χ4n) is 1.68. The van der Waals surface area contributed by atoms with Crippen molar-refractivity contribution in [1.82, 2.24) is 4.72 Å². The summed E-state index contributed by atoms with van der Waals surface area (Å²) >= 11 is 5.78. The molecular weight excluding hydrogens is 298 g/mol. The minimum absolute atomic E-state index is 0.108. The highest BCUT2D eigenvalue weighted by atomic mass is 35.5. The van der Waals surface area contributed by atoms with Crippen LogP contribution in [0.15, 0.2) is 53.4 Å². The first-order valence-corrected chi connectivity index (χ1v) is 7.69. The van der Waals surface area contributed by atoms with Crippen molar-refractivity contribution in [2.75, 3.05) is 5.43 Å². The van der Waals surface area contributed by atoms with Crippen LogP contribution in [0.5, 0.6) is 0 Å². The summed E-state index contributed by atoms with van der Waals surface area (Å²) in [7, 11) is -3.64. The quantitative estimate of drug-likeness (QED) is 0.583. The Labute approximate surface area is 122 Å². The van der Waals surface area contributed by atoms with Gasteiger partial charge in [0.05, 0.1) is 5.69 Å². The van der Waals surface area contributed by atoms with E-state index in [2.05, 4.69) is 10.1 Å². The molecule has 4 N–H and O–H groups in total. The SMILES string of the molecule is NNc1ccccc1S(=O)(=O)NCc1ccc(Cl)cc1. The molecule has 0 spiro atoms. The van der Waals surface area contributed by atoms with Crippen LogP contribution < -0.4 is 16.0 Å². The smallest absolute Gasteiger partial charge is 0.242 e. The van der Waals surface area contributed by atoms with Gasteiger partial charge in [-0.2, -0.15) is 0 Å². The van der Waals surface area contributed by atoms with Gasteiger partial charge >= 0.3 is 0 Å². The Bertz CT molecular complexity index is 687. The van der Waals surface area contributed by atoms with Gasteiger partial charge in [0.25, 0.3) is 0 Å². The summed E-state index contributed by atoms with van der Waals surface area (Å²) in [6.45, 7) is 0.179. The van der Waals surface area contributed by atoms with Crippen LogP contribution in [0.2, 0.25) is 5.02 Å². The number of para-hydroxylation sites is 1. The lowest BCUT2D eigenvalue weighted by atomic mass is 10.2. The number of hydrogen-bond donors (Lipinski definition) is 3. The predicted octanol–water partition coefficient (Wildman–Crippen LogP) is 2.10. The van der Waals surface area contributed by atoms with Gasteiger partial charge < -0.3 is 5.43 Å². The van der Waals surface area contributed by atoms with Crippen molar-refractivity contribution < 1.29 is 8.42 Å². The van der Waals surface area contributed by atoms with E-state index in [9.17, 15) is 8.42 Å². The zero-order valence-electron chi connectivity index (χ0n) is 10.5. The van der Waals surface area contributed by atoms with E-state index in [0.717, 1.165) is 5.56 Å². The molecule has 0 aliphatic heterocycles. The molecule has 20 heavy (non-hydrogen) atoms. The third-order valence-corrected chi connectivity index (χ3v) is 4.42. The maximum Gasteiger partial charge on any atom is 0.242 e. The second-order valence-corrected chi connectivity index (χ2v) is 6.26. The zero-order chi connectivity index (χ0) is 14.6. The normalized spacial score (nSPS) is 11.3. The van der Waals surface area contributed by atoms with Crippen LogP contribution in [0.4, 0.5) is 5.69 Å². The Kier molecular flexibility index (Phi) is 4.61. The minimum atomic E-state index is -3.64. The lowest BCUT2D eigenvalue weighted by molar-refractivity contribution is 0.581. The van der Waals surface area contributed by atoms with Crippen molar-refractivity contribution in [3.8, 4) is 0 Å². The van der Waals surface area contributed by atoms with Gasteiger partial charge in [-0.3, -0.25) is 5.84 Å². The van der Waals surface area contributed by atoms with Crippen LogP contribution in [-0.4, -0.2) is 8.42 Å². The molecule has 0 heterocycles. The van der Waals surface area contributed by atoms with Crippen LogP contribution in [0.1, 0.15) is 5.56 Å². The Balaban J connectivity index is 2.17. The first-order valence-electron chi connectivity index (χ1n) is 5.83. The van der Waals surface area contributed by atoms with E-state index in [1.165, 1.54) is 6.07 Å². The van der Waals surface area contributed by atoms with Crippen LogP contribution in [0.3, 0.4) is 0 Å². The Morgan fingerprint density at radius 1 is 1.05 bits per heavy atom. The summed E-state index contributed by atoms with van der Waals surface area (Å²) in [5.41, 5.74) is 3.53. The molecule has 0 fully saturated rings. The predicted molar refractivity (Wildman–Crippen MR) is 79.7 cm³/mol. The number of rotatable bonds is 5. The molecule has 0 amide bonds. The van der Waals surface area contributed by atoms with E-state index in [-0.39, 0.29) is 11.4 Å². The standard InChI is InChI=1S/C13H14ClN3O2S/c14-11-7-5-10(6-8-11)9-16-20(18,19)13-4-2-1-3-12(13)17-15/h1-8,16-17H,9,15H2. The first-order chi connectivity index (χ1) is 9.53. The van der Waals surface area contributed by atoms with E-state index >= 15 is 0 Å². The highest BCUT2D eigenvalue weighted by Crippen LogP contribution is 2.19. The van der Waals surface area contributed by atoms with Crippen molar-refractivity contribution in [3.63, 3.8) is 0 Å². The minimum Gasteiger partial charge on any atom is -0.323 e. The Morgan fingerprint density at radius 2 is 1.70 bits per heavy atom. The van der Waals surface area contributed by atoms with Crippen molar-refractivity contribution in [1.29, 1.82) is 0 Å². The molecular formula is C13H14ClN3O2S. The van der Waals surface area contributed by atoms with Gasteiger partial charge in [-0.25, -0.2) is 13.1 Å². The van der Waals surface area contributed by atoms with Crippen molar-refractivity contribution >= 4 is 27.3 Å². The largest absolute Gasteiger partial charge is 0.323 e. The number of nitrogens with two attached hydrogens (primary N) is 1. The van der Waals surface area contributed by atoms with E-state index in [4.69, 9.17) is 17.4 Å². The van der Waals surface area contributed by atoms with Crippen LogP contribution in [0.25, 0.3) is 0 Å². The first kappa shape index (κ1) is 14.8. The van der Waals surface area contributed by atoms with Crippen LogP contribution in [-0.2, 0) is 16.6 Å². The third-order valence-electron chi connectivity index (χ3n) is 2.71. The molecule has 0 aliphatic rings. The molecule has 0 saturated carbocycles. The van der Waals surface area contributed by atoms with Crippen molar-refractivity contribution in [3.05, 3.63) is 59.1 Å². The number of nitrogen functional groups attached to an aromatic ring is 1. The number of sulfonamides is 1. The summed E-state index contributed by atoms with van der Waals surface area (Å²) < 4.78 is 27.0. The zero-order valence-corrected chi connectivity index (χ0v) is 12.1. The Morgan fingerprint density at radius 3 is 2.35 bits per heavy atom. The molecule has 2 rings (SSSR count). The maximum absolute atomic E-state index is 12.2. The maximum atomic E-state index is 12.2.